The molecule has 0 spiro atoms. The highest BCUT2D eigenvalue weighted by Crippen LogP contribution is 2.28. The Labute approximate surface area is 136 Å². The molecule has 1 aromatic carbocycles. The summed E-state index contributed by atoms with van der Waals surface area (Å²) in [6.07, 6.45) is 4.95. The summed E-state index contributed by atoms with van der Waals surface area (Å²) >= 11 is 0. The van der Waals surface area contributed by atoms with Gasteiger partial charge >= 0.3 is 0 Å². The molecule has 0 saturated carbocycles. The molecule has 0 fully saturated rings. The van der Waals surface area contributed by atoms with Gasteiger partial charge in [-0.15, -0.1) is 0 Å². The zero-order valence-corrected chi connectivity index (χ0v) is 13.5. The highest BCUT2D eigenvalue weighted by molar-refractivity contribution is 5.79. The molecule has 1 rings (SSSR count). The predicted molar refractivity (Wildman–Crippen MR) is 92.9 cm³/mol. The predicted octanol–water partition coefficient (Wildman–Crippen LogP) is 3.80. The molecule has 6 heteroatoms. The Kier molecular flexibility index (Phi) is 8.31. The Hall–Kier alpha value is -2.47. The van der Waals surface area contributed by atoms with Gasteiger partial charge in [0.05, 0.1) is 11.8 Å². The van der Waals surface area contributed by atoms with Crippen molar-refractivity contribution in [1.82, 2.24) is 0 Å². The Morgan fingerprint density at radius 1 is 1.48 bits per heavy atom. The molecule has 0 aliphatic rings. The number of nitrogens with zero attached hydrogens (tertiary/aromatic N) is 2. The summed E-state index contributed by atoms with van der Waals surface area (Å²) < 4.78 is 24.2. The van der Waals surface area contributed by atoms with E-state index in [1.54, 1.807) is 13.2 Å². The van der Waals surface area contributed by atoms with Crippen molar-refractivity contribution in [3.05, 3.63) is 49.1 Å². The Bertz CT molecular complexity index is 585. The van der Waals surface area contributed by atoms with Crippen LogP contribution in [-0.4, -0.2) is 32.4 Å². The molecule has 0 amide bonds. The maximum absolute atomic E-state index is 13.5. The Morgan fingerprint density at radius 2 is 2.26 bits per heavy atom. The topological polar surface area (TPSA) is 55.2 Å². The van der Waals surface area contributed by atoms with Crippen molar-refractivity contribution in [2.24, 2.45) is 9.98 Å². The van der Waals surface area contributed by atoms with Crippen molar-refractivity contribution in [1.29, 1.82) is 0 Å². The van der Waals surface area contributed by atoms with Crippen LogP contribution in [0.2, 0.25) is 0 Å². The summed E-state index contributed by atoms with van der Waals surface area (Å²) in [6.45, 7) is 9.73. The molecule has 0 heterocycles. The van der Waals surface area contributed by atoms with Gasteiger partial charge in [-0.1, -0.05) is 19.2 Å². The van der Waals surface area contributed by atoms with Crippen LogP contribution in [0.4, 0.5) is 10.1 Å². The molecule has 23 heavy (non-hydrogen) atoms. The van der Waals surface area contributed by atoms with E-state index in [0.29, 0.717) is 30.3 Å². The standard InChI is InChI=1S/C17H22FN3O2/c1-5-9-19-12-20-14(3)21-16-7-6-15(18)11-17(16)23-13(2)8-10-22-4/h5-7,9,11-13,21H,1,3,8,10H2,2,4H3/t13-/m0/s1. The number of hydrogen-bond acceptors (Lipinski definition) is 4. The number of rotatable bonds is 10. The second kappa shape index (κ2) is 10.3. The molecule has 0 unspecified atom stereocenters. The van der Waals surface area contributed by atoms with E-state index in [2.05, 4.69) is 28.5 Å². The average Bonchev–Trinajstić information content (AvgIpc) is 2.52. The summed E-state index contributed by atoms with van der Waals surface area (Å²) in [5.41, 5.74) is 0.575. The number of benzene rings is 1. The van der Waals surface area contributed by atoms with Gasteiger partial charge in [0.15, 0.2) is 0 Å². The van der Waals surface area contributed by atoms with Crippen molar-refractivity contribution in [3.63, 3.8) is 0 Å². The van der Waals surface area contributed by atoms with Gasteiger partial charge in [-0.25, -0.2) is 14.4 Å². The van der Waals surface area contributed by atoms with E-state index in [9.17, 15) is 4.39 Å². The molecule has 0 aliphatic carbocycles. The van der Waals surface area contributed by atoms with Crippen LogP contribution in [0.5, 0.6) is 5.75 Å². The van der Waals surface area contributed by atoms with Gasteiger partial charge in [0.1, 0.15) is 23.7 Å². The lowest BCUT2D eigenvalue weighted by Gasteiger charge is -2.18. The molecule has 0 aromatic heterocycles. The number of methoxy groups -OCH3 is 1. The van der Waals surface area contributed by atoms with E-state index >= 15 is 0 Å². The van der Waals surface area contributed by atoms with Crippen LogP contribution in [0.1, 0.15) is 13.3 Å². The number of nitrogens with one attached hydrogen (secondary N) is 1. The molecule has 1 atom stereocenters. The van der Waals surface area contributed by atoms with Crippen LogP contribution in [0, 0.1) is 5.82 Å². The number of hydrogen-bond donors (Lipinski definition) is 1. The molecule has 124 valence electrons. The first-order chi connectivity index (χ1) is 11.1. The van der Waals surface area contributed by atoms with Crippen LogP contribution < -0.4 is 10.1 Å². The first-order valence-electron chi connectivity index (χ1n) is 7.14. The fraction of sp³-hybridized carbons (Fsp3) is 0.294. The Morgan fingerprint density at radius 3 is 2.96 bits per heavy atom. The van der Waals surface area contributed by atoms with Gasteiger partial charge in [0.2, 0.25) is 0 Å². The SMILES string of the molecule is C=CC=NC=NC(=C)Nc1ccc(F)cc1O[C@@H](C)CCOC. The fourth-order valence-corrected chi connectivity index (χ4v) is 1.65. The van der Waals surface area contributed by atoms with Crippen molar-refractivity contribution < 1.29 is 13.9 Å². The summed E-state index contributed by atoms with van der Waals surface area (Å²) in [7, 11) is 1.62. The molecular formula is C17H22FN3O2. The summed E-state index contributed by atoms with van der Waals surface area (Å²) in [6, 6.07) is 4.22. The highest BCUT2D eigenvalue weighted by atomic mass is 19.1. The smallest absolute Gasteiger partial charge is 0.146 e. The van der Waals surface area contributed by atoms with Gasteiger partial charge in [-0.05, 0) is 19.1 Å². The van der Waals surface area contributed by atoms with Crippen LogP contribution >= 0.6 is 0 Å². The maximum Gasteiger partial charge on any atom is 0.146 e. The van der Waals surface area contributed by atoms with Crippen LogP contribution in [0.15, 0.2) is 53.2 Å². The van der Waals surface area contributed by atoms with E-state index in [-0.39, 0.29) is 11.9 Å². The molecule has 0 saturated heterocycles. The van der Waals surface area contributed by atoms with Gasteiger partial charge in [0, 0.05) is 32.4 Å². The van der Waals surface area contributed by atoms with Crippen molar-refractivity contribution >= 4 is 18.2 Å². The maximum atomic E-state index is 13.5. The zero-order chi connectivity index (χ0) is 17.1. The van der Waals surface area contributed by atoms with E-state index in [1.807, 2.05) is 6.92 Å². The monoisotopic (exact) mass is 319 g/mol. The first kappa shape index (κ1) is 18.6. The normalized spacial score (nSPS) is 12.5. The third-order valence-electron chi connectivity index (χ3n) is 2.75. The number of aliphatic imine (C=N–C) groups is 2. The Balaban J connectivity index is 2.77. The number of anilines is 1. The van der Waals surface area contributed by atoms with Gasteiger partial charge in [0.25, 0.3) is 0 Å². The van der Waals surface area contributed by atoms with E-state index in [4.69, 9.17) is 9.47 Å². The van der Waals surface area contributed by atoms with Gasteiger partial charge in [-0.3, -0.25) is 0 Å². The largest absolute Gasteiger partial charge is 0.488 e. The fourth-order valence-electron chi connectivity index (χ4n) is 1.65. The van der Waals surface area contributed by atoms with Crippen LogP contribution in [0.3, 0.4) is 0 Å². The number of ether oxygens (including phenoxy) is 2. The summed E-state index contributed by atoms with van der Waals surface area (Å²) in [5.74, 6) is 0.362. The molecule has 0 aliphatic heterocycles. The van der Waals surface area contributed by atoms with E-state index in [0.717, 1.165) is 0 Å². The van der Waals surface area contributed by atoms with Crippen molar-refractivity contribution in [2.45, 2.75) is 19.4 Å². The third kappa shape index (κ3) is 7.37. The van der Waals surface area contributed by atoms with Crippen molar-refractivity contribution in [3.8, 4) is 5.75 Å². The molecule has 1 N–H and O–H groups in total. The lowest BCUT2D eigenvalue weighted by molar-refractivity contribution is 0.135. The molecule has 1 aromatic rings. The van der Waals surface area contributed by atoms with Gasteiger partial charge in [-0.2, -0.15) is 0 Å². The number of halogens is 1. The summed E-state index contributed by atoms with van der Waals surface area (Å²) in [5, 5.41) is 2.96. The quantitative estimate of drug-likeness (QED) is 0.527. The van der Waals surface area contributed by atoms with E-state index in [1.165, 1.54) is 30.8 Å². The van der Waals surface area contributed by atoms with Crippen LogP contribution in [0.25, 0.3) is 0 Å². The zero-order valence-electron chi connectivity index (χ0n) is 13.5. The molecule has 5 nitrogen and oxygen atoms in total. The van der Waals surface area contributed by atoms with Gasteiger partial charge < -0.3 is 14.8 Å². The lowest BCUT2D eigenvalue weighted by atomic mass is 10.2. The average molecular weight is 319 g/mol. The minimum atomic E-state index is -0.380. The lowest BCUT2D eigenvalue weighted by Crippen LogP contribution is -2.15. The van der Waals surface area contributed by atoms with Crippen LogP contribution in [-0.2, 0) is 4.74 Å². The molecule has 0 bridgehead atoms. The third-order valence-corrected chi connectivity index (χ3v) is 2.75. The minimum Gasteiger partial charge on any atom is -0.488 e. The molecule has 0 radical (unpaired) electrons. The highest BCUT2D eigenvalue weighted by Gasteiger charge is 2.10. The first-order valence-corrected chi connectivity index (χ1v) is 7.14. The summed E-state index contributed by atoms with van der Waals surface area (Å²) in [4.78, 5) is 7.85. The second-order valence-corrected chi connectivity index (χ2v) is 4.70. The molecular weight excluding hydrogens is 297 g/mol. The number of allylic oxidation sites excluding steroid dienone is 1. The van der Waals surface area contributed by atoms with Crippen molar-refractivity contribution in [2.75, 3.05) is 19.0 Å². The minimum absolute atomic E-state index is 0.119. The van der Waals surface area contributed by atoms with E-state index < -0.39 is 0 Å². The second-order valence-electron chi connectivity index (χ2n) is 4.70.